The van der Waals surface area contributed by atoms with E-state index in [1.54, 1.807) is 6.07 Å². The van der Waals surface area contributed by atoms with Crippen LogP contribution in [0.15, 0.2) is 18.2 Å². The van der Waals surface area contributed by atoms with Crippen LogP contribution in [0.3, 0.4) is 0 Å². The first-order valence-electron chi connectivity index (χ1n) is 5.53. The molecule has 0 amide bonds. The lowest BCUT2D eigenvalue weighted by Gasteiger charge is -2.15. The zero-order valence-corrected chi connectivity index (χ0v) is 9.64. The van der Waals surface area contributed by atoms with E-state index in [0.717, 1.165) is 18.2 Å². The summed E-state index contributed by atoms with van der Waals surface area (Å²) >= 11 is 1.42. The monoisotopic (exact) mass is 232 g/mol. The molecular weight excluding hydrogens is 220 g/mol. The average molecular weight is 232 g/mol. The summed E-state index contributed by atoms with van der Waals surface area (Å²) in [5.41, 5.74) is 2.80. The van der Waals surface area contributed by atoms with E-state index in [0.29, 0.717) is 4.88 Å². The van der Waals surface area contributed by atoms with Gasteiger partial charge in [0.25, 0.3) is 0 Å². The number of rotatable bonds is 1. The van der Waals surface area contributed by atoms with Gasteiger partial charge in [-0.3, -0.25) is 0 Å². The number of benzene rings is 1. The Balaban J connectivity index is 2.26. The topological polar surface area (TPSA) is 37.3 Å². The summed E-state index contributed by atoms with van der Waals surface area (Å²) in [6.45, 7) is 0. The second-order valence-electron chi connectivity index (χ2n) is 4.24. The third kappa shape index (κ3) is 1.43. The number of thiophene rings is 1. The van der Waals surface area contributed by atoms with Crippen molar-refractivity contribution < 1.29 is 9.90 Å². The van der Waals surface area contributed by atoms with Gasteiger partial charge in [0, 0.05) is 4.70 Å². The highest BCUT2D eigenvalue weighted by Gasteiger charge is 2.16. The van der Waals surface area contributed by atoms with Gasteiger partial charge in [-0.25, -0.2) is 4.79 Å². The quantitative estimate of drug-likeness (QED) is 0.817. The molecule has 0 radical (unpaired) electrons. The van der Waals surface area contributed by atoms with Gasteiger partial charge >= 0.3 is 5.97 Å². The summed E-state index contributed by atoms with van der Waals surface area (Å²) in [5, 5.41) is 10.1. The van der Waals surface area contributed by atoms with Crippen molar-refractivity contribution in [3.8, 4) is 0 Å². The molecule has 0 aliphatic heterocycles. The molecule has 3 heteroatoms. The lowest BCUT2D eigenvalue weighted by Crippen LogP contribution is -2.01. The number of hydrogen-bond donors (Lipinski definition) is 1. The number of carboxylic acid groups (broad SMARTS) is 1. The second kappa shape index (κ2) is 3.59. The van der Waals surface area contributed by atoms with E-state index in [2.05, 4.69) is 12.1 Å². The first-order valence-corrected chi connectivity index (χ1v) is 6.35. The molecule has 0 bridgehead atoms. The van der Waals surface area contributed by atoms with Crippen LogP contribution in [0.25, 0.3) is 10.1 Å². The van der Waals surface area contributed by atoms with Crippen molar-refractivity contribution in [2.45, 2.75) is 25.7 Å². The van der Waals surface area contributed by atoms with Crippen LogP contribution >= 0.6 is 11.3 Å². The van der Waals surface area contributed by atoms with E-state index in [9.17, 15) is 4.79 Å². The predicted molar refractivity (Wildman–Crippen MR) is 65.4 cm³/mol. The van der Waals surface area contributed by atoms with E-state index >= 15 is 0 Å². The Morgan fingerprint density at radius 3 is 2.88 bits per heavy atom. The minimum Gasteiger partial charge on any atom is -0.477 e. The van der Waals surface area contributed by atoms with Gasteiger partial charge in [-0.1, -0.05) is 12.1 Å². The van der Waals surface area contributed by atoms with Crippen molar-refractivity contribution in [3.05, 3.63) is 34.2 Å². The number of hydrogen-bond acceptors (Lipinski definition) is 2. The third-order valence-corrected chi connectivity index (χ3v) is 4.42. The van der Waals surface area contributed by atoms with Crippen molar-refractivity contribution in [2.24, 2.45) is 0 Å². The molecule has 16 heavy (non-hydrogen) atoms. The molecule has 3 rings (SSSR count). The number of fused-ring (bicyclic) bond motifs is 3. The van der Waals surface area contributed by atoms with Gasteiger partial charge in [0.2, 0.25) is 0 Å². The molecule has 0 atom stereocenters. The van der Waals surface area contributed by atoms with Gasteiger partial charge < -0.3 is 5.11 Å². The second-order valence-corrected chi connectivity index (χ2v) is 5.30. The lowest BCUT2D eigenvalue weighted by atomic mass is 9.91. The molecule has 0 saturated carbocycles. The zero-order chi connectivity index (χ0) is 11.1. The number of carbonyl (C=O) groups is 1. The molecule has 0 fully saturated rings. The molecule has 1 heterocycles. The van der Waals surface area contributed by atoms with Crippen molar-refractivity contribution in [2.75, 3.05) is 0 Å². The van der Waals surface area contributed by atoms with Crippen LogP contribution in [0.2, 0.25) is 0 Å². The lowest BCUT2D eigenvalue weighted by molar-refractivity contribution is 0.0702. The van der Waals surface area contributed by atoms with Crippen LogP contribution in [0.1, 0.15) is 33.6 Å². The SMILES string of the molecule is O=C(O)c1cc2ccc3c(c2s1)CCCC3. The predicted octanol–water partition coefficient (Wildman–Crippen LogP) is 3.48. The van der Waals surface area contributed by atoms with Crippen LogP contribution in [0.5, 0.6) is 0 Å². The zero-order valence-electron chi connectivity index (χ0n) is 8.82. The molecule has 2 aromatic rings. The average Bonchev–Trinajstić information content (AvgIpc) is 2.73. The molecule has 1 aliphatic rings. The van der Waals surface area contributed by atoms with Gasteiger partial charge in [-0.15, -0.1) is 11.3 Å². The van der Waals surface area contributed by atoms with Crippen molar-refractivity contribution in [1.29, 1.82) is 0 Å². The van der Waals surface area contributed by atoms with E-state index < -0.39 is 5.97 Å². The summed E-state index contributed by atoms with van der Waals surface area (Å²) < 4.78 is 1.19. The van der Waals surface area contributed by atoms with Gasteiger partial charge in [-0.05, 0) is 48.3 Å². The van der Waals surface area contributed by atoms with Crippen molar-refractivity contribution >= 4 is 27.4 Å². The largest absolute Gasteiger partial charge is 0.477 e. The van der Waals surface area contributed by atoms with E-state index in [1.807, 2.05) is 0 Å². The fraction of sp³-hybridized carbons (Fsp3) is 0.308. The fourth-order valence-electron chi connectivity index (χ4n) is 2.43. The van der Waals surface area contributed by atoms with E-state index in [4.69, 9.17) is 5.11 Å². The standard InChI is InChI=1S/C13H12O2S/c14-13(15)11-7-9-6-5-8-3-1-2-4-10(8)12(9)16-11/h5-7H,1-4H2,(H,14,15). The first kappa shape index (κ1) is 9.85. The Bertz CT molecular complexity index is 569. The van der Waals surface area contributed by atoms with Crippen LogP contribution in [0, 0.1) is 0 Å². The van der Waals surface area contributed by atoms with Crippen LogP contribution in [0.4, 0.5) is 0 Å². The Morgan fingerprint density at radius 1 is 1.25 bits per heavy atom. The van der Waals surface area contributed by atoms with Crippen molar-refractivity contribution in [3.63, 3.8) is 0 Å². The maximum atomic E-state index is 10.9. The Morgan fingerprint density at radius 2 is 2.06 bits per heavy atom. The van der Waals surface area contributed by atoms with Gasteiger partial charge in [-0.2, -0.15) is 0 Å². The molecule has 0 unspecified atom stereocenters. The highest BCUT2D eigenvalue weighted by molar-refractivity contribution is 7.21. The first-order chi connectivity index (χ1) is 7.75. The van der Waals surface area contributed by atoms with Crippen LogP contribution in [-0.4, -0.2) is 11.1 Å². The van der Waals surface area contributed by atoms with E-state index in [1.165, 1.54) is 40.0 Å². The van der Waals surface area contributed by atoms with Crippen LogP contribution in [-0.2, 0) is 12.8 Å². The Hall–Kier alpha value is -1.35. The minimum absolute atomic E-state index is 0.453. The molecule has 1 N–H and O–H groups in total. The smallest absolute Gasteiger partial charge is 0.345 e. The van der Waals surface area contributed by atoms with Crippen LogP contribution < -0.4 is 0 Å². The van der Waals surface area contributed by atoms with E-state index in [-0.39, 0.29) is 0 Å². The summed E-state index contributed by atoms with van der Waals surface area (Å²) in [5.74, 6) is -0.814. The number of aryl methyl sites for hydroxylation is 2. The molecule has 2 nitrogen and oxygen atoms in total. The fourth-order valence-corrected chi connectivity index (χ4v) is 3.53. The summed E-state index contributed by atoms with van der Waals surface area (Å²) in [7, 11) is 0. The van der Waals surface area contributed by atoms with Gasteiger partial charge in [0.15, 0.2) is 0 Å². The Kier molecular flexibility index (Phi) is 2.21. The van der Waals surface area contributed by atoms with Crippen molar-refractivity contribution in [1.82, 2.24) is 0 Å². The molecule has 1 aliphatic carbocycles. The highest BCUT2D eigenvalue weighted by atomic mass is 32.1. The molecule has 1 aromatic carbocycles. The maximum Gasteiger partial charge on any atom is 0.345 e. The molecule has 1 aromatic heterocycles. The van der Waals surface area contributed by atoms with Gasteiger partial charge in [0.1, 0.15) is 4.88 Å². The molecule has 0 spiro atoms. The summed E-state index contributed by atoms with van der Waals surface area (Å²) in [6, 6.07) is 6.01. The molecular formula is C13H12O2S. The maximum absolute atomic E-state index is 10.9. The normalized spacial score (nSPS) is 15.0. The molecule has 0 saturated heterocycles. The molecule has 82 valence electrons. The highest BCUT2D eigenvalue weighted by Crippen LogP contribution is 2.34. The summed E-state index contributed by atoms with van der Waals surface area (Å²) in [4.78, 5) is 11.4. The Labute approximate surface area is 97.5 Å². The summed E-state index contributed by atoms with van der Waals surface area (Å²) in [6.07, 6.45) is 4.74. The third-order valence-electron chi connectivity index (χ3n) is 3.22. The number of aromatic carboxylic acids is 1. The van der Waals surface area contributed by atoms with Gasteiger partial charge in [0.05, 0.1) is 0 Å². The number of carboxylic acids is 1. The minimum atomic E-state index is -0.814.